The van der Waals surface area contributed by atoms with Gasteiger partial charge >= 0.3 is 18.1 Å². The zero-order valence-corrected chi connectivity index (χ0v) is 11.7. The van der Waals surface area contributed by atoms with Gasteiger partial charge in [0.1, 0.15) is 13.2 Å². The van der Waals surface area contributed by atoms with Crippen LogP contribution in [0.5, 0.6) is 0 Å². The molecule has 0 amide bonds. The van der Waals surface area contributed by atoms with Crippen LogP contribution in [0, 0.1) is 0 Å². The van der Waals surface area contributed by atoms with Gasteiger partial charge in [0.15, 0.2) is 0 Å². The van der Waals surface area contributed by atoms with Gasteiger partial charge in [0.2, 0.25) is 0 Å². The molecule has 0 spiro atoms. The predicted octanol–water partition coefficient (Wildman–Crippen LogP) is 2.91. The van der Waals surface area contributed by atoms with Gasteiger partial charge in [0.25, 0.3) is 0 Å². The molecule has 1 aromatic carbocycles. The van der Waals surface area contributed by atoms with Crippen LogP contribution in [0.4, 0.5) is 13.2 Å². The first-order chi connectivity index (χ1) is 10.3. The standard InChI is InChI=1S/C15H15F3O4/c1-2-13(19)21-9-10-22-14(20)8-5-11-3-6-12(7-4-11)15(16,17)18/h2-4,6-7H,1,5,8-10H2. The Hall–Kier alpha value is -2.31. The Morgan fingerprint density at radius 2 is 1.68 bits per heavy atom. The molecule has 0 aliphatic rings. The Kier molecular flexibility index (Phi) is 6.62. The molecular formula is C15H15F3O4. The van der Waals surface area contributed by atoms with E-state index in [-0.39, 0.29) is 26.1 Å². The lowest BCUT2D eigenvalue weighted by atomic mass is 10.1. The molecule has 0 bridgehead atoms. The second-order valence-electron chi connectivity index (χ2n) is 4.29. The molecule has 1 rings (SSSR count). The van der Waals surface area contributed by atoms with Crippen molar-refractivity contribution in [2.24, 2.45) is 0 Å². The van der Waals surface area contributed by atoms with Crippen molar-refractivity contribution in [3.63, 3.8) is 0 Å². The summed E-state index contributed by atoms with van der Waals surface area (Å²) >= 11 is 0. The number of aryl methyl sites for hydroxylation is 1. The van der Waals surface area contributed by atoms with Gasteiger partial charge in [-0.1, -0.05) is 18.7 Å². The molecule has 0 saturated heterocycles. The molecule has 22 heavy (non-hydrogen) atoms. The fraction of sp³-hybridized carbons (Fsp3) is 0.333. The van der Waals surface area contributed by atoms with Gasteiger partial charge in [-0.2, -0.15) is 13.2 Å². The molecule has 0 heterocycles. The summed E-state index contributed by atoms with van der Waals surface area (Å²) in [5.41, 5.74) is -0.133. The normalized spacial score (nSPS) is 10.9. The number of carbonyl (C=O) groups excluding carboxylic acids is 2. The predicted molar refractivity (Wildman–Crippen MR) is 71.9 cm³/mol. The molecule has 0 aromatic heterocycles. The topological polar surface area (TPSA) is 52.6 Å². The van der Waals surface area contributed by atoms with E-state index in [1.165, 1.54) is 12.1 Å². The largest absolute Gasteiger partial charge is 0.462 e. The molecule has 0 N–H and O–H groups in total. The third kappa shape index (κ3) is 6.43. The van der Waals surface area contributed by atoms with Crippen LogP contribution in [0.1, 0.15) is 17.5 Å². The maximum absolute atomic E-state index is 12.4. The van der Waals surface area contributed by atoms with Crippen molar-refractivity contribution in [3.8, 4) is 0 Å². The van der Waals surface area contributed by atoms with Crippen molar-refractivity contribution in [2.45, 2.75) is 19.0 Å². The Balaban J connectivity index is 2.29. The van der Waals surface area contributed by atoms with E-state index in [4.69, 9.17) is 4.74 Å². The second kappa shape index (κ2) is 8.21. The minimum Gasteiger partial charge on any atom is -0.462 e. The van der Waals surface area contributed by atoms with Crippen LogP contribution < -0.4 is 0 Å². The maximum atomic E-state index is 12.4. The number of alkyl halides is 3. The first-order valence-corrected chi connectivity index (χ1v) is 6.44. The second-order valence-corrected chi connectivity index (χ2v) is 4.29. The lowest BCUT2D eigenvalue weighted by Crippen LogP contribution is -2.13. The van der Waals surface area contributed by atoms with E-state index in [1.54, 1.807) is 0 Å². The fourth-order valence-corrected chi connectivity index (χ4v) is 1.54. The van der Waals surface area contributed by atoms with Crippen LogP contribution in [-0.2, 0) is 31.7 Å². The monoisotopic (exact) mass is 316 g/mol. The zero-order chi connectivity index (χ0) is 16.6. The van der Waals surface area contributed by atoms with E-state index in [0.29, 0.717) is 5.56 Å². The van der Waals surface area contributed by atoms with Crippen molar-refractivity contribution in [1.82, 2.24) is 0 Å². The molecule has 0 radical (unpaired) electrons. The Morgan fingerprint density at radius 1 is 1.09 bits per heavy atom. The zero-order valence-electron chi connectivity index (χ0n) is 11.7. The van der Waals surface area contributed by atoms with Crippen LogP contribution in [0.15, 0.2) is 36.9 Å². The molecule has 1 aromatic rings. The number of esters is 2. The van der Waals surface area contributed by atoms with Crippen molar-refractivity contribution in [2.75, 3.05) is 13.2 Å². The number of benzene rings is 1. The summed E-state index contributed by atoms with van der Waals surface area (Å²) in [7, 11) is 0. The van der Waals surface area contributed by atoms with Crippen molar-refractivity contribution in [1.29, 1.82) is 0 Å². The van der Waals surface area contributed by atoms with E-state index >= 15 is 0 Å². The minimum atomic E-state index is -4.37. The van der Waals surface area contributed by atoms with Crippen LogP contribution in [0.2, 0.25) is 0 Å². The Morgan fingerprint density at radius 3 is 2.23 bits per heavy atom. The number of rotatable bonds is 7. The van der Waals surface area contributed by atoms with Gasteiger partial charge in [-0.3, -0.25) is 4.79 Å². The van der Waals surface area contributed by atoms with Crippen LogP contribution >= 0.6 is 0 Å². The number of carbonyl (C=O) groups is 2. The van der Waals surface area contributed by atoms with Gasteiger partial charge in [-0.15, -0.1) is 0 Å². The van der Waals surface area contributed by atoms with Gasteiger partial charge in [-0.05, 0) is 24.1 Å². The van der Waals surface area contributed by atoms with Crippen LogP contribution in [0.25, 0.3) is 0 Å². The molecule has 4 nitrogen and oxygen atoms in total. The molecule has 0 saturated carbocycles. The highest BCUT2D eigenvalue weighted by molar-refractivity contribution is 5.81. The van der Waals surface area contributed by atoms with Gasteiger partial charge in [0.05, 0.1) is 5.56 Å². The SMILES string of the molecule is C=CC(=O)OCCOC(=O)CCc1ccc(C(F)(F)F)cc1. The average Bonchev–Trinajstić information content (AvgIpc) is 2.48. The first kappa shape index (κ1) is 17.7. The van der Waals surface area contributed by atoms with E-state index in [2.05, 4.69) is 11.3 Å². The smallest absolute Gasteiger partial charge is 0.416 e. The molecule has 7 heteroatoms. The van der Waals surface area contributed by atoms with Gasteiger partial charge < -0.3 is 9.47 Å². The Labute approximate surface area is 125 Å². The summed E-state index contributed by atoms with van der Waals surface area (Å²) in [4.78, 5) is 22.1. The van der Waals surface area contributed by atoms with E-state index in [0.717, 1.165) is 18.2 Å². The first-order valence-electron chi connectivity index (χ1n) is 6.44. The third-order valence-electron chi connectivity index (χ3n) is 2.66. The summed E-state index contributed by atoms with van der Waals surface area (Å²) in [5, 5.41) is 0. The molecule has 0 fully saturated rings. The van der Waals surface area contributed by atoms with Crippen molar-refractivity contribution < 1.29 is 32.2 Å². The molecule has 0 unspecified atom stereocenters. The van der Waals surface area contributed by atoms with Gasteiger partial charge in [0, 0.05) is 12.5 Å². The molecule has 120 valence electrons. The summed E-state index contributed by atoms with van der Waals surface area (Å²) < 4.78 is 46.5. The van der Waals surface area contributed by atoms with Crippen molar-refractivity contribution in [3.05, 3.63) is 48.0 Å². The lowest BCUT2D eigenvalue weighted by molar-refractivity contribution is -0.149. The van der Waals surface area contributed by atoms with Crippen molar-refractivity contribution >= 4 is 11.9 Å². The molecule has 0 atom stereocenters. The number of ether oxygens (including phenoxy) is 2. The Bertz CT molecular complexity index is 521. The van der Waals surface area contributed by atoms with E-state index in [1.807, 2.05) is 0 Å². The number of halogens is 3. The quantitative estimate of drug-likeness (QED) is 0.441. The summed E-state index contributed by atoms with van der Waals surface area (Å²) in [5.74, 6) is -1.13. The fourth-order valence-electron chi connectivity index (χ4n) is 1.54. The molecular weight excluding hydrogens is 301 g/mol. The minimum absolute atomic E-state index is 0.0285. The highest BCUT2D eigenvalue weighted by Gasteiger charge is 2.29. The van der Waals surface area contributed by atoms with E-state index < -0.39 is 23.7 Å². The summed E-state index contributed by atoms with van der Waals surface area (Å²) in [6.45, 7) is 3.06. The molecule has 0 aliphatic carbocycles. The van der Waals surface area contributed by atoms with Crippen LogP contribution in [-0.4, -0.2) is 25.2 Å². The highest BCUT2D eigenvalue weighted by Crippen LogP contribution is 2.29. The number of hydrogen-bond acceptors (Lipinski definition) is 4. The summed E-state index contributed by atoms with van der Waals surface area (Å²) in [6.07, 6.45) is -3.09. The third-order valence-corrected chi connectivity index (χ3v) is 2.66. The lowest BCUT2D eigenvalue weighted by Gasteiger charge is -2.08. The number of hydrogen-bond donors (Lipinski definition) is 0. The average molecular weight is 316 g/mol. The maximum Gasteiger partial charge on any atom is 0.416 e. The molecule has 0 aliphatic heterocycles. The summed E-state index contributed by atoms with van der Waals surface area (Å²) in [6, 6.07) is 4.58. The van der Waals surface area contributed by atoms with Crippen LogP contribution in [0.3, 0.4) is 0 Å². The van der Waals surface area contributed by atoms with Gasteiger partial charge in [-0.25, -0.2) is 4.79 Å². The highest BCUT2D eigenvalue weighted by atomic mass is 19.4. The van der Waals surface area contributed by atoms with E-state index in [9.17, 15) is 22.8 Å².